The highest BCUT2D eigenvalue weighted by Gasteiger charge is 2.62. The first-order chi connectivity index (χ1) is 10.8. The van der Waals surface area contributed by atoms with Crippen LogP contribution in [0.15, 0.2) is 11.6 Å². The van der Waals surface area contributed by atoms with Crippen molar-refractivity contribution < 1.29 is 14.7 Å². The lowest BCUT2D eigenvalue weighted by Crippen LogP contribution is -2.54. The Labute approximate surface area is 146 Å². The van der Waals surface area contributed by atoms with Gasteiger partial charge in [0.15, 0.2) is 5.78 Å². The number of carbonyl (C=O) groups is 2. The van der Waals surface area contributed by atoms with E-state index < -0.39 is 6.10 Å². The summed E-state index contributed by atoms with van der Waals surface area (Å²) in [7, 11) is 0. The van der Waals surface area contributed by atoms with E-state index in [1.165, 1.54) is 0 Å². The van der Waals surface area contributed by atoms with Crippen LogP contribution in [0.25, 0.3) is 0 Å². The van der Waals surface area contributed by atoms with Gasteiger partial charge in [-0.25, -0.2) is 0 Å². The molecule has 0 radical (unpaired) electrons. The lowest BCUT2D eigenvalue weighted by atomic mass is 9.47. The number of hydrogen-bond donors (Lipinski definition) is 1. The van der Waals surface area contributed by atoms with Gasteiger partial charge in [0.25, 0.3) is 0 Å². The van der Waals surface area contributed by atoms with Gasteiger partial charge in [-0.05, 0) is 48.9 Å². The molecule has 0 spiro atoms. The van der Waals surface area contributed by atoms with Gasteiger partial charge in [-0.3, -0.25) is 9.59 Å². The molecule has 4 aliphatic rings. The smallest absolute Gasteiger partial charge is 0.152 e. The lowest BCUT2D eigenvalue weighted by molar-refractivity contribution is -0.135. The number of aliphatic hydroxyl groups is 1. The fourth-order valence-corrected chi connectivity index (χ4v) is 7.15. The van der Waals surface area contributed by atoms with Gasteiger partial charge in [0.2, 0.25) is 0 Å². The number of carbonyl (C=O) groups excluding carboxylic acids is 2. The topological polar surface area (TPSA) is 54.4 Å². The second-order valence-electron chi connectivity index (χ2n) is 8.63. The summed E-state index contributed by atoms with van der Waals surface area (Å²) in [6.07, 6.45) is 6.28. The molecule has 4 rings (SSSR count). The summed E-state index contributed by atoms with van der Waals surface area (Å²) < 4.78 is 0. The van der Waals surface area contributed by atoms with Crippen LogP contribution < -0.4 is 0 Å². The fraction of sp³-hybridized carbons (Fsp3) is 0.789. The number of fused-ring (bicyclic) bond motifs is 5. The van der Waals surface area contributed by atoms with Crippen LogP contribution in [0.3, 0.4) is 0 Å². The van der Waals surface area contributed by atoms with Gasteiger partial charge >= 0.3 is 0 Å². The van der Waals surface area contributed by atoms with E-state index in [9.17, 15) is 14.7 Å². The molecule has 0 aromatic rings. The van der Waals surface area contributed by atoms with E-state index in [2.05, 4.69) is 29.8 Å². The Balaban J connectivity index is 1.76. The molecule has 0 unspecified atom stereocenters. The molecule has 1 N–H and O–H groups in total. The molecule has 4 aliphatic carbocycles. The molecule has 3 fully saturated rings. The first-order valence-electron chi connectivity index (χ1n) is 8.87. The molecule has 3 saturated carbocycles. The standard InChI is InChI=1S/C19H25BrO3/c1-18-5-3-11(21)7-10(18)8-15(22)16-12(18)4-6-19(2)13(16)9-14(20)17(19)23/h8,12-16,22H,3-7,9H2,1-2H3/t12-,13-,14+,15-,16+,18-,19-/m0/s1. The molecule has 0 aliphatic heterocycles. The number of hydrogen-bond acceptors (Lipinski definition) is 3. The zero-order valence-electron chi connectivity index (χ0n) is 13.8. The third-order valence-electron chi connectivity index (χ3n) is 7.66. The minimum Gasteiger partial charge on any atom is -0.389 e. The number of ketones is 2. The van der Waals surface area contributed by atoms with E-state index in [4.69, 9.17) is 0 Å². The van der Waals surface area contributed by atoms with Crippen molar-refractivity contribution in [3.8, 4) is 0 Å². The van der Waals surface area contributed by atoms with Crippen molar-refractivity contribution in [1.82, 2.24) is 0 Å². The summed E-state index contributed by atoms with van der Waals surface area (Å²) >= 11 is 3.56. The van der Waals surface area contributed by atoms with Crippen LogP contribution in [0.1, 0.15) is 52.4 Å². The number of alkyl halides is 1. The average Bonchev–Trinajstić information content (AvgIpc) is 2.73. The largest absolute Gasteiger partial charge is 0.389 e. The molecule has 0 saturated heterocycles. The molecule has 7 atom stereocenters. The Hall–Kier alpha value is -0.480. The van der Waals surface area contributed by atoms with Gasteiger partial charge < -0.3 is 5.11 Å². The van der Waals surface area contributed by atoms with Crippen LogP contribution in [0, 0.1) is 28.6 Å². The minimum absolute atomic E-state index is 0.0343. The number of rotatable bonds is 0. The molecular formula is C19H25BrO3. The monoisotopic (exact) mass is 380 g/mol. The molecule has 0 amide bonds. The molecule has 3 nitrogen and oxygen atoms in total. The second kappa shape index (κ2) is 5.01. The predicted molar refractivity (Wildman–Crippen MR) is 91.2 cm³/mol. The molecule has 126 valence electrons. The van der Waals surface area contributed by atoms with E-state index in [1.54, 1.807) is 0 Å². The van der Waals surface area contributed by atoms with Crippen LogP contribution >= 0.6 is 15.9 Å². The normalized spacial score (nSPS) is 52.5. The summed E-state index contributed by atoms with van der Waals surface area (Å²) in [5.41, 5.74) is 0.903. The number of Topliss-reactive ketones (excluding diaryl/α,β-unsaturated/α-hetero) is 2. The third-order valence-corrected chi connectivity index (χ3v) is 8.45. The maximum Gasteiger partial charge on any atom is 0.152 e. The highest BCUT2D eigenvalue weighted by molar-refractivity contribution is 9.10. The Morgan fingerprint density at radius 3 is 2.65 bits per heavy atom. The average molecular weight is 381 g/mol. The molecule has 23 heavy (non-hydrogen) atoms. The van der Waals surface area contributed by atoms with Gasteiger partial charge in [-0.15, -0.1) is 0 Å². The van der Waals surface area contributed by atoms with Crippen molar-refractivity contribution in [3.05, 3.63) is 11.6 Å². The first-order valence-corrected chi connectivity index (χ1v) is 9.78. The van der Waals surface area contributed by atoms with Crippen molar-refractivity contribution in [2.24, 2.45) is 28.6 Å². The highest BCUT2D eigenvalue weighted by atomic mass is 79.9. The van der Waals surface area contributed by atoms with Crippen molar-refractivity contribution in [3.63, 3.8) is 0 Å². The SMILES string of the molecule is C[C@]12CCC(=O)CC1=C[C@H](O)[C@@H]1[C@@H]2CC[C@]2(C)C(=O)[C@H](Br)C[C@@H]12. The van der Waals surface area contributed by atoms with E-state index in [0.717, 1.165) is 31.3 Å². The van der Waals surface area contributed by atoms with Gasteiger partial charge in [-0.1, -0.05) is 41.4 Å². The summed E-state index contributed by atoms with van der Waals surface area (Å²) in [6.45, 7) is 4.40. The number of allylic oxidation sites excluding steroid dienone is 1. The van der Waals surface area contributed by atoms with Crippen molar-refractivity contribution in [2.45, 2.75) is 63.3 Å². The Morgan fingerprint density at radius 2 is 1.91 bits per heavy atom. The van der Waals surface area contributed by atoms with Gasteiger partial charge in [-0.2, -0.15) is 0 Å². The van der Waals surface area contributed by atoms with Gasteiger partial charge in [0, 0.05) is 18.3 Å². The summed E-state index contributed by atoms with van der Waals surface area (Å²) in [6, 6.07) is 0. The van der Waals surface area contributed by atoms with E-state index in [0.29, 0.717) is 30.3 Å². The summed E-state index contributed by atoms with van der Waals surface area (Å²) in [5, 5.41) is 10.9. The molecule has 0 aromatic carbocycles. The van der Waals surface area contributed by atoms with Crippen molar-refractivity contribution in [2.75, 3.05) is 0 Å². The molecule has 0 bridgehead atoms. The quantitative estimate of drug-likeness (QED) is 0.517. The van der Waals surface area contributed by atoms with Crippen LogP contribution in [0.5, 0.6) is 0 Å². The van der Waals surface area contributed by atoms with Crippen LogP contribution in [-0.4, -0.2) is 27.6 Å². The first kappa shape index (κ1) is 16.0. The number of aliphatic hydroxyl groups excluding tert-OH is 1. The Morgan fingerprint density at radius 1 is 1.17 bits per heavy atom. The van der Waals surface area contributed by atoms with Crippen molar-refractivity contribution >= 4 is 27.5 Å². The Bertz CT molecular complexity index is 612. The molecule has 0 aromatic heterocycles. The van der Waals surface area contributed by atoms with Crippen molar-refractivity contribution in [1.29, 1.82) is 0 Å². The maximum absolute atomic E-state index is 12.7. The fourth-order valence-electron chi connectivity index (χ4n) is 6.22. The van der Waals surface area contributed by atoms with E-state index in [1.807, 2.05) is 6.08 Å². The maximum atomic E-state index is 12.7. The van der Waals surface area contributed by atoms with Crippen LogP contribution in [0.2, 0.25) is 0 Å². The number of halogens is 1. The van der Waals surface area contributed by atoms with Crippen LogP contribution in [0.4, 0.5) is 0 Å². The zero-order valence-corrected chi connectivity index (χ0v) is 15.4. The van der Waals surface area contributed by atoms with Crippen LogP contribution in [-0.2, 0) is 9.59 Å². The lowest BCUT2D eigenvalue weighted by Gasteiger charge is -2.57. The third kappa shape index (κ3) is 2.03. The molecule has 4 heteroatoms. The molecule has 0 heterocycles. The van der Waals surface area contributed by atoms with E-state index in [-0.39, 0.29) is 27.5 Å². The summed E-state index contributed by atoms with van der Waals surface area (Å²) in [5.74, 6) is 1.43. The predicted octanol–water partition coefficient (Wildman–Crippen LogP) is 3.43. The highest BCUT2D eigenvalue weighted by Crippen LogP contribution is 2.64. The minimum atomic E-state index is -0.510. The summed E-state index contributed by atoms with van der Waals surface area (Å²) in [4.78, 5) is 24.5. The van der Waals surface area contributed by atoms with E-state index >= 15 is 0 Å². The zero-order chi connectivity index (χ0) is 16.6. The van der Waals surface area contributed by atoms with Gasteiger partial charge in [0.05, 0.1) is 10.9 Å². The van der Waals surface area contributed by atoms with Gasteiger partial charge in [0.1, 0.15) is 5.78 Å². The molecular weight excluding hydrogens is 356 g/mol. The second-order valence-corrected chi connectivity index (χ2v) is 9.73. The Kier molecular flexibility index (Phi) is 3.49.